The summed E-state index contributed by atoms with van der Waals surface area (Å²) in [7, 11) is 0. The molecule has 1 unspecified atom stereocenters. The molecule has 16 heavy (non-hydrogen) atoms. The van der Waals surface area contributed by atoms with Crippen LogP contribution in [0.5, 0.6) is 0 Å². The summed E-state index contributed by atoms with van der Waals surface area (Å²) in [4.78, 5) is 13.5. The molecular formula is C10H15N3O3. The first-order valence-electron chi connectivity index (χ1n) is 5.03. The number of nitrogens with zero attached hydrogens (tertiary/aromatic N) is 2. The Morgan fingerprint density at radius 1 is 1.56 bits per heavy atom. The summed E-state index contributed by atoms with van der Waals surface area (Å²) in [5.41, 5.74) is 0.658. The highest BCUT2D eigenvalue weighted by Gasteiger charge is 2.10. The summed E-state index contributed by atoms with van der Waals surface area (Å²) in [6, 6.07) is 2.89. The normalized spacial score (nSPS) is 12.5. The van der Waals surface area contributed by atoms with Gasteiger partial charge in [-0.15, -0.1) is 0 Å². The van der Waals surface area contributed by atoms with Gasteiger partial charge in [0.1, 0.15) is 0 Å². The van der Waals surface area contributed by atoms with Crippen LogP contribution in [-0.4, -0.2) is 27.7 Å². The van der Waals surface area contributed by atoms with Crippen LogP contribution in [0.3, 0.4) is 0 Å². The van der Waals surface area contributed by atoms with E-state index < -0.39 is 11.0 Å². The molecule has 1 atom stereocenters. The molecule has 2 N–H and O–H groups in total. The maximum atomic E-state index is 10.4. The van der Waals surface area contributed by atoms with Crippen LogP contribution in [0, 0.1) is 16.0 Å². The van der Waals surface area contributed by atoms with Crippen LogP contribution in [0.15, 0.2) is 18.3 Å². The van der Waals surface area contributed by atoms with Gasteiger partial charge in [-0.2, -0.15) is 0 Å². The topological polar surface area (TPSA) is 88.3 Å². The fraction of sp³-hybridized carbons (Fsp3) is 0.500. The number of pyridine rings is 1. The molecule has 1 rings (SSSR count). The smallest absolute Gasteiger partial charge is 0.363 e. The number of hydrogen-bond donors (Lipinski definition) is 2. The monoisotopic (exact) mass is 225 g/mol. The molecule has 0 radical (unpaired) electrons. The zero-order chi connectivity index (χ0) is 12.1. The van der Waals surface area contributed by atoms with E-state index in [0.29, 0.717) is 12.2 Å². The number of anilines is 1. The summed E-state index contributed by atoms with van der Waals surface area (Å²) in [6.07, 6.45) is 0.931. The quantitative estimate of drug-likeness (QED) is 0.584. The van der Waals surface area contributed by atoms with E-state index in [9.17, 15) is 15.2 Å². The average Bonchev–Trinajstić information content (AvgIpc) is 2.26. The maximum Gasteiger partial charge on any atom is 0.363 e. The first-order chi connectivity index (χ1) is 7.50. The average molecular weight is 225 g/mol. The Balaban J connectivity index is 2.53. The Kier molecular flexibility index (Phi) is 4.19. The van der Waals surface area contributed by atoms with Crippen LogP contribution in [0.1, 0.15) is 13.8 Å². The molecule has 0 saturated heterocycles. The molecule has 0 aliphatic carbocycles. The number of aromatic nitrogens is 1. The lowest BCUT2D eigenvalue weighted by Crippen LogP contribution is -2.24. The van der Waals surface area contributed by atoms with Gasteiger partial charge in [0.2, 0.25) is 0 Å². The second-order valence-corrected chi connectivity index (χ2v) is 3.85. The zero-order valence-electron chi connectivity index (χ0n) is 9.25. The number of rotatable bonds is 5. The molecule has 0 fully saturated rings. The van der Waals surface area contributed by atoms with Crippen molar-refractivity contribution in [2.75, 3.05) is 11.9 Å². The predicted octanol–water partition coefficient (Wildman–Crippen LogP) is 1.42. The Bertz CT molecular complexity index is 351. The lowest BCUT2D eigenvalue weighted by atomic mass is 10.1. The summed E-state index contributed by atoms with van der Waals surface area (Å²) in [6.45, 7) is 4.23. The summed E-state index contributed by atoms with van der Waals surface area (Å²) < 4.78 is 0. The van der Waals surface area contributed by atoms with Gasteiger partial charge in [0.25, 0.3) is 0 Å². The number of aliphatic hydroxyl groups excluding tert-OH is 1. The van der Waals surface area contributed by atoms with Crippen molar-refractivity contribution < 1.29 is 10.0 Å². The number of hydrogen-bond acceptors (Lipinski definition) is 5. The van der Waals surface area contributed by atoms with E-state index in [4.69, 9.17) is 0 Å². The molecule has 6 heteroatoms. The fourth-order valence-electron chi connectivity index (χ4n) is 1.06. The van der Waals surface area contributed by atoms with Crippen molar-refractivity contribution >= 4 is 11.5 Å². The second-order valence-electron chi connectivity index (χ2n) is 3.85. The van der Waals surface area contributed by atoms with E-state index in [1.54, 1.807) is 6.07 Å². The van der Waals surface area contributed by atoms with Crippen molar-refractivity contribution in [1.29, 1.82) is 0 Å². The highest BCUT2D eigenvalue weighted by Crippen LogP contribution is 2.12. The van der Waals surface area contributed by atoms with Gasteiger partial charge in [-0.3, -0.25) is 0 Å². The van der Waals surface area contributed by atoms with Crippen LogP contribution < -0.4 is 5.32 Å². The van der Waals surface area contributed by atoms with Crippen molar-refractivity contribution in [2.24, 2.45) is 5.92 Å². The van der Waals surface area contributed by atoms with Gasteiger partial charge in [0.15, 0.2) is 6.20 Å². The van der Waals surface area contributed by atoms with Crippen LogP contribution in [0.25, 0.3) is 0 Å². The molecule has 0 saturated carbocycles. The maximum absolute atomic E-state index is 10.4. The van der Waals surface area contributed by atoms with Crippen LogP contribution in [0.2, 0.25) is 0 Å². The molecule has 1 aromatic rings. The number of nitro groups is 1. The summed E-state index contributed by atoms with van der Waals surface area (Å²) >= 11 is 0. The first kappa shape index (κ1) is 12.4. The molecular weight excluding hydrogens is 210 g/mol. The van der Waals surface area contributed by atoms with E-state index in [-0.39, 0.29) is 11.7 Å². The SMILES string of the molecule is CC(C)C(O)CNc1ccc([N+](=O)[O-])nc1. The lowest BCUT2D eigenvalue weighted by molar-refractivity contribution is -0.389. The van der Waals surface area contributed by atoms with Crippen LogP contribution >= 0.6 is 0 Å². The number of aliphatic hydroxyl groups is 1. The minimum Gasteiger partial charge on any atom is -0.391 e. The van der Waals surface area contributed by atoms with E-state index in [0.717, 1.165) is 0 Å². The van der Waals surface area contributed by atoms with Gasteiger partial charge < -0.3 is 20.5 Å². The number of nitrogens with one attached hydrogen (secondary N) is 1. The Hall–Kier alpha value is -1.69. The van der Waals surface area contributed by atoms with Crippen molar-refractivity contribution in [3.05, 3.63) is 28.4 Å². The standard InChI is InChI=1S/C10H15N3O3/c1-7(2)9(14)6-11-8-3-4-10(12-5-8)13(15)16/h3-5,7,9,11,14H,6H2,1-2H3. The molecule has 0 aliphatic rings. The largest absolute Gasteiger partial charge is 0.391 e. The second kappa shape index (κ2) is 5.41. The minimum absolute atomic E-state index is 0.165. The Morgan fingerprint density at radius 2 is 2.25 bits per heavy atom. The highest BCUT2D eigenvalue weighted by atomic mass is 16.6. The van der Waals surface area contributed by atoms with Gasteiger partial charge in [-0.25, -0.2) is 0 Å². The Morgan fingerprint density at radius 3 is 2.69 bits per heavy atom. The molecule has 0 spiro atoms. The molecule has 0 amide bonds. The van der Waals surface area contributed by atoms with E-state index in [2.05, 4.69) is 10.3 Å². The third-order valence-electron chi connectivity index (χ3n) is 2.22. The third kappa shape index (κ3) is 3.47. The Labute approximate surface area is 93.5 Å². The van der Waals surface area contributed by atoms with Gasteiger partial charge >= 0.3 is 5.82 Å². The molecule has 1 heterocycles. The van der Waals surface area contributed by atoms with Crippen molar-refractivity contribution in [3.8, 4) is 0 Å². The molecule has 88 valence electrons. The van der Waals surface area contributed by atoms with E-state index in [1.165, 1.54) is 12.3 Å². The molecule has 6 nitrogen and oxygen atoms in total. The van der Waals surface area contributed by atoms with Gasteiger partial charge in [-0.05, 0) is 21.9 Å². The van der Waals surface area contributed by atoms with Crippen LogP contribution in [0.4, 0.5) is 11.5 Å². The summed E-state index contributed by atoms with van der Waals surface area (Å²) in [5.74, 6) is -0.0199. The minimum atomic E-state index is -0.549. The van der Waals surface area contributed by atoms with Crippen molar-refractivity contribution in [1.82, 2.24) is 4.98 Å². The van der Waals surface area contributed by atoms with Crippen LogP contribution in [-0.2, 0) is 0 Å². The lowest BCUT2D eigenvalue weighted by Gasteiger charge is -2.15. The predicted molar refractivity (Wildman–Crippen MR) is 60.2 cm³/mol. The molecule has 0 aromatic carbocycles. The van der Waals surface area contributed by atoms with Gasteiger partial charge in [-0.1, -0.05) is 13.8 Å². The zero-order valence-corrected chi connectivity index (χ0v) is 9.25. The highest BCUT2D eigenvalue weighted by molar-refractivity contribution is 5.43. The van der Waals surface area contributed by atoms with Gasteiger partial charge in [0, 0.05) is 12.6 Å². The first-order valence-corrected chi connectivity index (χ1v) is 5.03. The third-order valence-corrected chi connectivity index (χ3v) is 2.22. The van der Waals surface area contributed by atoms with E-state index in [1.807, 2.05) is 13.8 Å². The van der Waals surface area contributed by atoms with E-state index >= 15 is 0 Å². The van der Waals surface area contributed by atoms with Gasteiger partial charge in [0.05, 0.1) is 11.8 Å². The molecule has 0 aliphatic heterocycles. The van der Waals surface area contributed by atoms with Crippen molar-refractivity contribution in [3.63, 3.8) is 0 Å². The van der Waals surface area contributed by atoms with Crippen molar-refractivity contribution in [2.45, 2.75) is 20.0 Å². The molecule has 1 aromatic heterocycles. The summed E-state index contributed by atoms with van der Waals surface area (Å²) in [5, 5.41) is 22.8. The fourth-order valence-corrected chi connectivity index (χ4v) is 1.06. The molecule has 0 bridgehead atoms.